The summed E-state index contributed by atoms with van der Waals surface area (Å²) >= 11 is 0. The summed E-state index contributed by atoms with van der Waals surface area (Å²) in [6.07, 6.45) is 5.54. The summed E-state index contributed by atoms with van der Waals surface area (Å²) in [7, 11) is 1.87. The van der Waals surface area contributed by atoms with Crippen molar-refractivity contribution in [2.75, 3.05) is 23.4 Å². The number of halogens is 1. The molecule has 0 unspecified atom stereocenters. The van der Waals surface area contributed by atoms with Crippen molar-refractivity contribution in [3.05, 3.63) is 111 Å². The maximum Gasteiger partial charge on any atom is 0.258 e. The number of carbonyl (C=O) groups is 1. The molecule has 4 aliphatic rings. The van der Waals surface area contributed by atoms with Gasteiger partial charge in [-0.1, -0.05) is 30.3 Å². The molecule has 2 aromatic carbocycles. The van der Waals surface area contributed by atoms with Crippen molar-refractivity contribution in [1.82, 2.24) is 10.3 Å². The molecule has 36 heavy (non-hydrogen) atoms. The van der Waals surface area contributed by atoms with Crippen LogP contribution in [-0.4, -0.2) is 24.5 Å². The quantitative estimate of drug-likeness (QED) is 0.473. The average molecular weight is 479 g/mol. The molecule has 0 aromatic heterocycles. The van der Waals surface area contributed by atoms with E-state index in [0.29, 0.717) is 35.1 Å². The van der Waals surface area contributed by atoms with E-state index in [1.54, 1.807) is 24.4 Å². The largest absolute Gasteiger partial charge is 0.350 e. The Morgan fingerprint density at radius 1 is 1.03 bits per heavy atom. The van der Waals surface area contributed by atoms with Crippen molar-refractivity contribution >= 4 is 34.6 Å². The summed E-state index contributed by atoms with van der Waals surface area (Å²) in [6, 6.07) is 19.8. The van der Waals surface area contributed by atoms with Gasteiger partial charge in [0, 0.05) is 48.2 Å². The molecule has 7 heteroatoms. The second-order valence-electron chi connectivity index (χ2n) is 8.90. The monoisotopic (exact) mass is 478 g/mol. The molecule has 0 saturated carbocycles. The van der Waals surface area contributed by atoms with Crippen LogP contribution in [-0.2, 0) is 11.3 Å². The van der Waals surface area contributed by atoms with Crippen LogP contribution in [0.4, 0.5) is 21.5 Å². The van der Waals surface area contributed by atoms with E-state index in [9.17, 15) is 14.0 Å². The molecule has 0 bridgehead atoms. The first kappa shape index (κ1) is 21.9. The molecule has 3 aliphatic heterocycles. The summed E-state index contributed by atoms with van der Waals surface area (Å²) < 4.78 is 13.6. The van der Waals surface area contributed by atoms with Crippen molar-refractivity contribution in [2.45, 2.75) is 6.54 Å². The van der Waals surface area contributed by atoms with Crippen molar-refractivity contribution in [3.63, 3.8) is 0 Å². The average Bonchev–Trinajstić information content (AvgIpc) is 3.10. The summed E-state index contributed by atoms with van der Waals surface area (Å²) in [5.74, 6) is -0.526. The highest BCUT2D eigenvalue weighted by Gasteiger charge is 2.28. The standard InChI is InChI=1S/C29H23FN4O2/c1-33-15-13-22(28(35)31-17-18-5-3-2-4-6-18)21-11-12-24-25-23(32-29(36)26(25)27(21)33)14-16-34(24)20-9-7-19(30)8-10-20/h2-15H,16-17H2,1H3,(H,31,35)(H,32,36). The summed E-state index contributed by atoms with van der Waals surface area (Å²) in [4.78, 5) is 33.5. The Kier molecular flexibility index (Phi) is 5.18. The lowest BCUT2D eigenvalue weighted by atomic mass is 10.0. The van der Waals surface area contributed by atoms with E-state index in [1.165, 1.54) is 12.1 Å². The smallest absolute Gasteiger partial charge is 0.258 e. The number of H-pyrrole nitrogens is 1. The van der Waals surface area contributed by atoms with Crippen molar-refractivity contribution < 1.29 is 9.18 Å². The zero-order valence-corrected chi connectivity index (χ0v) is 19.6. The lowest BCUT2D eigenvalue weighted by molar-refractivity contribution is -0.115. The van der Waals surface area contributed by atoms with Gasteiger partial charge in [-0.3, -0.25) is 9.59 Å². The van der Waals surface area contributed by atoms with Gasteiger partial charge in [-0.05, 0) is 54.1 Å². The zero-order valence-electron chi connectivity index (χ0n) is 19.6. The number of aromatic amines is 1. The minimum Gasteiger partial charge on any atom is -0.350 e. The number of hydrogen-bond donors (Lipinski definition) is 2. The van der Waals surface area contributed by atoms with Gasteiger partial charge in [0.1, 0.15) is 5.82 Å². The summed E-state index contributed by atoms with van der Waals surface area (Å²) in [5.41, 5.74) is 4.88. The van der Waals surface area contributed by atoms with Crippen LogP contribution in [0.2, 0.25) is 0 Å². The lowest BCUT2D eigenvalue weighted by Gasteiger charge is -2.27. The molecule has 0 spiro atoms. The van der Waals surface area contributed by atoms with Gasteiger partial charge in [0.15, 0.2) is 0 Å². The van der Waals surface area contributed by atoms with Crippen LogP contribution in [0.5, 0.6) is 0 Å². The van der Waals surface area contributed by atoms with Gasteiger partial charge in [0.25, 0.3) is 11.5 Å². The Hall–Kier alpha value is -4.65. The maximum atomic E-state index is 13.6. The number of nitrogens with one attached hydrogen (secondary N) is 2. The van der Waals surface area contributed by atoms with Gasteiger partial charge in [-0.25, -0.2) is 4.39 Å². The highest BCUT2D eigenvalue weighted by atomic mass is 19.1. The second kappa shape index (κ2) is 8.53. The van der Waals surface area contributed by atoms with E-state index in [0.717, 1.165) is 27.9 Å². The number of nitrogens with zero attached hydrogens (tertiary/aromatic N) is 2. The van der Waals surface area contributed by atoms with Crippen molar-refractivity contribution in [2.24, 2.45) is 0 Å². The Morgan fingerprint density at radius 2 is 1.81 bits per heavy atom. The minimum atomic E-state index is -0.309. The van der Waals surface area contributed by atoms with E-state index in [1.807, 2.05) is 65.4 Å². The topological polar surface area (TPSA) is 68.4 Å². The lowest BCUT2D eigenvalue weighted by Crippen LogP contribution is -2.32. The second-order valence-corrected chi connectivity index (χ2v) is 8.90. The van der Waals surface area contributed by atoms with E-state index >= 15 is 0 Å². The predicted octanol–water partition coefficient (Wildman–Crippen LogP) is 2.98. The normalized spacial score (nSPS) is 14.0. The molecule has 1 amide bonds. The molecule has 0 fully saturated rings. The zero-order chi connectivity index (χ0) is 24.8. The Morgan fingerprint density at radius 3 is 2.58 bits per heavy atom. The third-order valence-corrected chi connectivity index (χ3v) is 6.71. The van der Waals surface area contributed by atoms with Gasteiger partial charge in [-0.2, -0.15) is 0 Å². The fourth-order valence-electron chi connectivity index (χ4n) is 4.98. The van der Waals surface area contributed by atoms with Crippen molar-refractivity contribution in [3.8, 4) is 11.1 Å². The van der Waals surface area contributed by atoms with Crippen LogP contribution in [0, 0.1) is 5.82 Å². The Bertz CT molecular complexity index is 1670. The molecule has 6 nitrogen and oxygen atoms in total. The van der Waals surface area contributed by atoms with Crippen LogP contribution in [0.15, 0.2) is 83.8 Å². The van der Waals surface area contributed by atoms with Gasteiger partial charge in [0.05, 0.1) is 22.5 Å². The van der Waals surface area contributed by atoms with Crippen LogP contribution in [0.3, 0.4) is 0 Å². The van der Waals surface area contributed by atoms with E-state index in [-0.39, 0.29) is 17.3 Å². The van der Waals surface area contributed by atoms with Gasteiger partial charge < -0.3 is 20.1 Å². The van der Waals surface area contributed by atoms with Crippen molar-refractivity contribution in [1.29, 1.82) is 0 Å². The number of carbonyl (C=O) groups excluding carboxylic acids is 1. The molecular weight excluding hydrogens is 455 g/mol. The van der Waals surface area contributed by atoms with Crippen LogP contribution in [0.1, 0.15) is 5.56 Å². The SMILES string of the molecule is CN1C=CC(C(=O)NCc2ccccc2)=c2ccc3c4c([nH]c(=O)c-4c21)=CCN3c1ccc(F)cc1. The first-order valence-electron chi connectivity index (χ1n) is 11.7. The fraction of sp³-hybridized carbons (Fsp3) is 0.103. The number of fused-ring (bicyclic) bond motifs is 2. The molecule has 0 atom stereocenters. The van der Waals surface area contributed by atoms with Gasteiger partial charge in [-0.15, -0.1) is 0 Å². The van der Waals surface area contributed by atoms with E-state index in [4.69, 9.17) is 0 Å². The molecule has 6 rings (SSSR count). The third kappa shape index (κ3) is 3.56. The maximum absolute atomic E-state index is 13.6. The Balaban J connectivity index is 1.53. The number of rotatable bonds is 4. The highest BCUT2D eigenvalue weighted by Crippen LogP contribution is 2.37. The fourth-order valence-corrected chi connectivity index (χ4v) is 4.98. The van der Waals surface area contributed by atoms with Crippen LogP contribution < -0.4 is 31.2 Å². The van der Waals surface area contributed by atoms with Crippen LogP contribution in [0.25, 0.3) is 22.8 Å². The van der Waals surface area contributed by atoms with Gasteiger partial charge >= 0.3 is 0 Å². The molecule has 1 aliphatic carbocycles. The Labute approximate surface area is 206 Å². The highest BCUT2D eigenvalue weighted by molar-refractivity contribution is 6.18. The number of hydrogen-bond acceptors (Lipinski definition) is 4. The summed E-state index contributed by atoms with van der Waals surface area (Å²) in [6.45, 7) is 0.917. The first-order chi connectivity index (χ1) is 17.5. The van der Waals surface area contributed by atoms with Crippen LogP contribution >= 0.6 is 0 Å². The summed E-state index contributed by atoms with van der Waals surface area (Å²) in [5, 5.41) is 4.42. The predicted molar refractivity (Wildman–Crippen MR) is 140 cm³/mol. The minimum absolute atomic E-state index is 0.211. The molecule has 2 N–H and O–H groups in total. The number of aromatic nitrogens is 1. The van der Waals surface area contributed by atoms with E-state index in [2.05, 4.69) is 10.3 Å². The molecular formula is C29H23FN4O2. The molecule has 2 aromatic rings. The first-order valence-corrected chi connectivity index (χ1v) is 11.7. The van der Waals surface area contributed by atoms with E-state index < -0.39 is 0 Å². The number of anilines is 3. The number of amides is 1. The van der Waals surface area contributed by atoms with Gasteiger partial charge in [0.2, 0.25) is 0 Å². The molecule has 0 radical (unpaired) electrons. The molecule has 178 valence electrons. The third-order valence-electron chi connectivity index (χ3n) is 6.71. The molecule has 0 saturated heterocycles. The number of benzene rings is 2. The molecule has 3 heterocycles.